The molecule has 4 heteroatoms. The summed E-state index contributed by atoms with van der Waals surface area (Å²) in [4.78, 5) is 12.4. The van der Waals surface area contributed by atoms with Gasteiger partial charge in [0.2, 0.25) is 5.91 Å². The molecule has 1 atom stereocenters. The topological polar surface area (TPSA) is 47.2 Å². The summed E-state index contributed by atoms with van der Waals surface area (Å²) < 4.78 is 7.92. The number of hydrogen-bond acceptors (Lipinski definition) is 2. The Bertz CT molecular complexity index is 1080. The second kappa shape index (κ2) is 5.92. The summed E-state index contributed by atoms with van der Waals surface area (Å²) in [6.45, 7) is 0.791. The number of anilines is 1. The smallest absolute Gasteiger partial charge is 0.225 e. The lowest BCUT2D eigenvalue weighted by molar-refractivity contribution is -0.116. The summed E-state index contributed by atoms with van der Waals surface area (Å²) in [6, 6.07) is 20.3. The highest BCUT2D eigenvalue weighted by atomic mass is 16.3. The molecule has 1 aliphatic rings. The predicted octanol–water partition coefficient (Wildman–Crippen LogP) is 4.76. The fraction of sp³-hybridized carbons (Fsp3) is 0.136. The lowest BCUT2D eigenvalue weighted by Crippen LogP contribution is -2.13. The van der Waals surface area contributed by atoms with Gasteiger partial charge in [0.05, 0.1) is 23.4 Å². The van der Waals surface area contributed by atoms with Crippen molar-refractivity contribution in [1.82, 2.24) is 4.57 Å². The van der Waals surface area contributed by atoms with Crippen LogP contribution in [-0.2, 0) is 11.3 Å². The molecule has 1 aliphatic heterocycles. The monoisotopic (exact) mass is 342 g/mol. The summed E-state index contributed by atoms with van der Waals surface area (Å²) in [6.07, 6.45) is 4.23. The van der Waals surface area contributed by atoms with Gasteiger partial charge in [-0.1, -0.05) is 36.4 Å². The molecule has 0 saturated heterocycles. The second-order valence-electron chi connectivity index (χ2n) is 6.72. The number of carbonyl (C=O) groups is 1. The minimum absolute atomic E-state index is 0.0182. The Balaban J connectivity index is 1.71. The average molecular weight is 342 g/mol. The first-order valence-corrected chi connectivity index (χ1v) is 8.78. The van der Waals surface area contributed by atoms with Crippen LogP contribution in [0.3, 0.4) is 0 Å². The van der Waals surface area contributed by atoms with Crippen LogP contribution in [0.4, 0.5) is 5.69 Å². The highest BCUT2D eigenvalue weighted by molar-refractivity contribution is 6.05. The normalized spacial score (nSPS) is 16.5. The molecule has 4 aromatic rings. The molecule has 0 aliphatic carbocycles. The summed E-state index contributed by atoms with van der Waals surface area (Å²) in [5.74, 6) is 0.772. The van der Waals surface area contributed by atoms with Crippen molar-refractivity contribution < 1.29 is 9.21 Å². The van der Waals surface area contributed by atoms with Crippen LogP contribution in [0.15, 0.2) is 77.5 Å². The van der Waals surface area contributed by atoms with Gasteiger partial charge in [-0.25, -0.2) is 0 Å². The van der Waals surface area contributed by atoms with Gasteiger partial charge in [-0.3, -0.25) is 4.79 Å². The quantitative estimate of drug-likeness (QED) is 0.584. The number of hydrogen-bond donors (Lipinski definition) is 1. The fourth-order valence-electron chi connectivity index (χ4n) is 3.90. The van der Waals surface area contributed by atoms with Crippen LogP contribution in [0.5, 0.6) is 0 Å². The lowest BCUT2D eigenvalue weighted by atomic mass is 9.93. The highest BCUT2D eigenvalue weighted by Gasteiger charge is 2.29. The third-order valence-corrected chi connectivity index (χ3v) is 5.06. The van der Waals surface area contributed by atoms with E-state index in [1.165, 1.54) is 5.56 Å². The van der Waals surface area contributed by atoms with E-state index in [9.17, 15) is 4.79 Å². The van der Waals surface area contributed by atoms with Crippen molar-refractivity contribution >= 4 is 22.5 Å². The van der Waals surface area contributed by atoms with Crippen molar-refractivity contribution in [3.63, 3.8) is 0 Å². The summed E-state index contributed by atoms with van der Waals surface area (Å²) in [5, 5.41) is 4.17. The van der Waals surface area contributed by atoms with Gasteiger partial charge in [-0.2, -0.15) is 0 Å². The highest BCUT2D eigenvalue weighted by Crippen LogP contribution is 2.41. The zero-order valence-electron chi connectivity index (χ0n) is 14.2. The van der Waals surface area contributed by atoms with Crippen LogP contribution < -0.4 is 5.32 Å². The van der Waals surface area contributed by atoms with E-state index in [-0.39, 0.29) is 11.8 Å². The van der Waals surface area contributed by atoms with E-state index in [1.807, 2.05) is 30.3 Å². The van der Waals surface area contributed by atoms with Gasteiger partial charge in [-0.05, 0) is 35.4 Å². The first-order chi connectivity index (χ1) is 12.8. The molecule has 0 radical (unpaired) electrons. The van der Waals surface area contributed by atoms with Crippen LogP contribution in [0.1, 0.15) is 29.2 Å². The van der Waals surface area contributed by atoms with Crippen molar-refractivity contribution in [3.8, 4) is 0 Å². The maximum Gasteiger partial charge on any atom is 0.225 e. The van der Waals surface area contributed by atoms with E-state index in [2.05, 4.69) is 46.4 Å². The first kappa shape index (κ1) is 15.0. The molecule has 3 heterocycles. The summed E-state index contributed by atoms with van der Waals surface area (Å²) in [7, 11) is 0. The first-order valence-electron chi connectivity index (χ1n) is 8.78. The molecule has 4 nitrogen and oxygen atoms in total. The van der Waals surface area contributed by atoms with Crippen molar-refractivity contribution in [2.24, 2.45) is 0 Å². The van der Waals surface area contributed by atoms with E-state index in [4.69, 9.17) is 4.42 Å². The van der Waals surface area contributed by atoms with Crippen LogP contribution in [0.2, 0.25) is 0 Å². The molecule has 5 rings (SSSR count). The maximum absolute atomic E-state index is 12.4. The number of rotatable bonds is 3. The molecule has 0 bridgehead atoms. The molecule has 1 amide bonds. The number of nitrogens with one attached hydrogen (secondary N) is 1. The van der Waals surface area contributed by atoms with Gasteiger partial charge in [0.25, 0.3) is 0 Å². The van der Waals surface area contributed by atoms with Crippen LogP contribution >= 0.6 is 0 Å². The number of aromatic nitrogens is 1. The van der Waals surface area contributed by atoms with Crippen molar-refractivity contribution in [1.29, 1.82) is 0 Å². The molecular formula is C22H18N2O2. The zero-order chi connectivity index (χ0) is 17.5. The fourth-order valence-corrected chi connectivity index (χ4v) is 3.90. The van der Waals surface area contributed by atoms with E-state index in [0.29, 0.717) is 6.42 Å². The lowest BCUT2D eigenvalue weighted by Gasteiger charge is -2.11. The van der Waals surface area contributed by atoms with E-state index >= 15 is 0 Å². The van der Waals surface area contributed by atoms with Crippen LogP contribution in [0, 0.1) is 0 Å². The minimum Gasteiger partial charge on any atom is -0.469 e. The number of amides is 1. The van der Waals surface area contributed by atoms with Crippen molar-refractivity contribution in [2.75, 3.05) is 5.32 Å². The van der Waals surface area contributed by atoms with Crippen LogP contribution in [-0.4, -0.2) is 10.5 Å². The van der Waals surface area contributed by atoms with E-state index < -0.39 is 0 Å². The molecule has 0 spiro atoms. The van der Waals surface area contributed by atoms with Gasteiger partial charge < -0.3 is 14.3 Å². The second-order valence-corrected chi connectivity index (χ2v) is 6.72. The zero-order valence-corrected chi connectivity index (χ0v) is 14.2. The standard InChI is InChI=1S/C22H18N2O2/c25-21-12-16(20-10-5-11-26-20)17-14-24(13-15-6-2-1-3-7-15)19-9-4-8-18(23-21)22(17)19/h1-11,14,16H,12-13H2,(H,23,25)/t16-/m1/s1. The molecule has 2 aromatic carbocycles. The number of benzene rings is 2. The number of furan rings is 1. The Kier molecular flexibility index (Phi) is 3.42. The Morgan fingerprint density at radius 1 is 1.04 bits per heavy atom. The molecule has 128 valence electrons. The third-order valence-electron chi connectivity index (χ3n) is 5.06. The minimum atomic E-state index is -0.0758. The van der Waals surface area contributed by atoms with Crippen LogP contribution in [0.25, 0.3) is 10.9 Å². The van der Waals surface area contributed by atoms with Gasteiger partial charge in [0.1, 0.15) is 5.76 Å². The Morgan fingerprint density at radius 3 is 2.73 bits per heavy atom. The Hall–Kier alpha value is -3.27. The molecule has 0 unspecified atom stereocenters. The Morgan fingerprint density at radius 2 is 1.92 bits per heavy atom. The number of carbonyl (C=O) groups excluding carboxylic acids is 1. The SMILES string of the molecule is O=C1C[C@@H](c2ccco2)c2cn(Cc3ccccc3)c3cccc(c23)N1. The third kappa shape index (κ3) is 2.42. The molecule has 0 fully saturated rings. The molecule has 2 aromatic heterocycles. The molecule has 26 heavy (non-hydrogen) atoms. The van der Waals surface area contributed by atoms with Gasteiger partial charge in [0, 0.05) is 24.5 Å². The largest absolute Gasteiger partial charge is 0.469 e. The van der Waals surface area contributed by atoms with Crippen molar-refractivity contribution in [3.05, 3.63) is 90.0 Å². The van der Waals surface area contributed by atoms with Gasteiger partial charge in [-0.15, -0.1) is 0 Å². The molecule has 0 saturated carbocycles. The summed E-state index contributed by atoms with van der Waals surface area (Å²) in [5.41, 5.74) is 4.39. The van der Waals surface area contributed by atoms with E-state index in [1.54, 1.807) is 6.26 Å². The average Bonchev–Trinajstić information content (AvgIpc) is 3.27. The number of nitrogens with zero attached hydrogens (tertiary/aromatic N) is 1. The Labute approximate surface area is 151 Å². The maximum atomic E-state index is 12.4. The van der Waals surface area contributed by atoms with Crippen molar-refractivity contribution in [2.45, 2.75) is 18.9 Å². The van der Waals surface area contributed by atoms with Gasteiger partial charge >= 0.3 is 0 Å². The van der Waals surface area contributed by atoms with E-state index in [0.717, 1.165) is 34.5 Å². The summed E-state index contributed by atoms with van der Waals surface area (Å²) >= 11 is 0. The predicted molar refractivity (Wildman–Crippen MR) is 101 cm³/mol. The molecular weight excluding hydrogens is 324 g/mol. The van der Waals surface area contributed by atoms with Gasteiger partial charge in [0.15, 0.2) is 0 Å². The molecule has 1 N–H and O–H groups in total.